The monoisotopic (exact) mass is 351 g/mol. The van der Waals surface area contributed by atoms with Gasteiger partial charge in [0.15, 0.2) is 0 Å². The highest BCUT2D eigenvalue weighted by Crippen LogP contribution is 2.13. The first-order valence-corrected chi connectivity index (χ1v) is 8.72. The molecular formula is C18H29N3O4. The van der Waals surface area contributed by atoms with Gasteiger partial charge in [-0.25, -0.2) is 0 Å². The molecule has 1 amide bonds. The molecule has 1 heterocycles. The van der Waals surface area contributed by atoms with Gasteiger partial charge in [0, 0.05) is 39.8 Å². The Balaban J connectivity index is 1.71. The molecule has 1 unspecified atom stereocenters. The zero-order valence-corrected chi connectivity index (χ0v) is 14.9. The fraction of sp³-hybridized carbons (Fsp3) is 0.611. The molecule has 1 aliphatic heterocycles. The van der Waals surface area contributed by atoms with Crippen LogP contribution in [0.4, 0.5) is 0 Å². The number of nitrogens with one attached hydrogen (secondary N) is 1. The van der Waals surface area contributed by atoms with Crippen LogP contribution in [0.25, 0.3) is 0 Å². The van der Waals surface area contributed by atoms with E-state index in [1.54, 1.807) is 7.11 Å². The van der Waals surface area contributed by atoms with Crippen molar-refractivity contribution in [3.8, 4) is 5.75 Å². The lowest BCUT2D eigenvalue weighted by atomic mass is 10.2. The van der Waals surface area contributed by atoms with Crippen molar-refractivity contribution < 1.29 is 19.0 Å². The van der Waals surface area contributed by atoms with E-state index < -0.39 is 0 Å². The van der Waals surface area contributed by atoms with Crippen LogP contribution in [-0.4, -0.2) is 70.0 Å². The largest absolute Gasteiger partial charge is 0.492 e. The third-order valence-corrected chi connectivity index (χ3v) is 4.18. The molecule has 140 valence electrons. The molecule has 7 nitrogen and oxygen atoms in total. The van der Waals surface area contributed by atoms with Crippen LogP contribution in [0.5, 0.6) is 5.75 Å². The van der Waals surface area contributed by atoms with Gasteiger partial charge in [0.2, 0.25) is 5.91 Å². The quantitative estimate of drug-likeness (QED) is 0.634. The van der Waals surface area contributed by atoms with Crippen molar-refractivity contribution in [2.75, 3.05) is 53.1 Å². The molecule has 0 spiro atoms. The number of carbonyl (C=O) groups excluding carboxylic acids is 1. The number of nitrogens with zero attached hydrogens (tertiary/aromatic N) is 1. The van der Waals surface area contributed by atoms with Gasteiger partial charge in [-0.2, -0.15) is 0 Å². The van der Waals surface area contributed by atoms with Crippen molar-refractivity contribution in [1.82, 2.24) is 10.2 Å². The van der Waals surface area contributed by atoms with E-state index in [1.807, 2.05) is 24.3 Å². The molecule has 1 saturated heterocycles. The summed E-state index contributed by atoms with van der Waals surface area (Å²) in [6.45, 7) is 5.83. The van der Waals surface area contributed by atoms with E-state index in [1.165, 1.54) is 0 Å². The molecule has 1 aromatic rings. The van der Waals surface area contributed by atoms with Crippen molar-refractivity contribution in [3.05, 3.63) is 29.8 Å². The van der Waals surface area contributed by atoms with Crippen LogP contribution in [0, 0.1) is 0 Å². The van der Waals surface area contributed by atoms with E-state index in [0.717, 1.165) is 44.2 Å². The molecule has 0 bridgehead atoms. The number of hydrogen-bond donors (Lipinski definition) is 2. The number of nitrogens with two attached hydrogens (primary N) is 1. The molecule has 0 aromatic heterocycles. The third-order valence-electron chi connectivity index (χ3n) is 4.18. The highest BCUT2D eigenvalue weighted by Gasteiger charge is 2.11. The van der Waals surface area contributed by atoms with Crippen molar-refractivity contribution in [2.24, 2.45) is 5.73 Å². The second-order valence-electron chi connectivity index (χ2n) is 6.02. The second-order valence-corrected chi connectivity index (χ2v) is 6.02. The smallest absolute Gasteiger partial charge is 0.222 e. The minimum absolute atomic E-state index is 0.0732. The topological polar surface area (TPSA) is 86.0 Å². The Morgan fingerprint density at radius 1 is 1.40 bits per heavy atom. The van der Waals surface area contributed by atoms with E-state index >= 15 is 0 Å². The fourth-order valence-electron chi connectivity index (χ4n) is 2.61. The van der Waals surface area contributed by atoms with Crippen LogP contribution in [-0.2, 0) is 20.8 Å². The number of ether oxygens (including phenoxy) is 3. The molecular weight excluding hydrogens is 322 g/mol. The highest BCUT2D eigenvalue weighted by atomic mass is 16.5. The molecule has 1 aromatic carbocycles. The number of morpholine rings is 1. The van der Waals surface area contributed by atoms with Crippen molar-refractivity contribution in [1.29, 1.82) is 0 Å². The lowest BCUT2D eigenvalue weighted by Gasteiger charge is -2.26. The maximum absolute atomic E-state index is 11.9. The van der Waals surface area contributed by atoms with Gasteiger partial charge in [0.25, 0.3) is 0 Å². The van der Waals surface area contributed by atoms with Gasteiger partial charge in [-0.15, -0.1) is 0 Å². The van der Waals surface area contributed by atoms with Gasteiger partial charge in [-0.05, 0) is 17.7 Å². The van der Waals surface area contributed by atoms with Crippen LogP contribution in [0.15, 0.2) is 24.3 Å². The number of benzene rings is 1. The molecule has 25 heavy (non-hydrogen) atoms. The van der Waals surface area contributed by atoms with Crippen LogP contribution in [0.3, 0.4) is 0 Å². The molecule has 1 atom stereocenters. The summed E-state index contributed by atoms with van der Waals surface area (Å²) < 4.78 is 16.3. The predicted molar refractivity (Wildman–Crippen MR) is 95.5 cm³/mol. The number of amides is 1. The molecule has 0 radical (unpaired) electrons. The lowest BCUT2D eigenvalue weighted by Crippen LogP contribution is -2.38. The van der Waals surface area contributed by atoms with Crippen LogP contribution in [0.2, 0.25) is 0 Å². The van der Waals surface area contributed by atoms with Gasteiger partial charge in [0.05, 0.1) is 25.7 Å². The average Bonchev–Trinajstić information content (AvgIpc) is 2.65. The molecule has 3 N–H and O–H groups in total. The summed E-state index contributed by atoms with van der Waals surface area (Å²) in [6, 6.07) is 7.78. The Kier molecular flexibility index (Phi) is 8.68. The van der Waals surface area contributed by atoms with Gasteiger partial charge >= 0.3 is 0 Å². The zero-order chi connectivity index (χ0) is 17.9. The number of rotatable bonds is 10. The van der Waals surface area contributed by atoms with Gasteiger partial charge in [0.1, 0.15) is 12.4 Å². The molecule has 1 aliphatic rings. The van der Waals surface area contributed by atoms with Gasteiger partial charge in [-0.1, -0.05) is 12.1 Å². The first kappa shape index (κ1) is 19.7. The van der Waals surface area contributed by atoms with Gasteiger partial charge < -0.3 is 25.3 Å². The normalized spacial score (nSPS) is 16.4. The second kappa shape index (κ2) is 11.0. The van der Waals surface area contributed by atoms with E-state index in [2.05, 4.69) is 10.2 Å². The Morgan fingerprint density at radius 3 is 2.92 bits per heavy atom. The molecule has 0 saturated carbocycles. The zero-order valence-electron chi connectivity index (χ0n) is 14.9. The van der Waals surface area contributed by atoms with Gasteiger partial charge in [-0.3, -0.25) is 9.69 Å². The van der Waals surface area contributed by atoms with Crippen LogP contribution >= 0.6 is 0 Å². The van der Waals surface area contributed by atoms with Crippen molar-refractivity contribution >= 4 is 5.91 Å². The summed E-state index contributed by atoms with van der Waals surface area (Å²) in [5.41, 5.74) is 6.53. The highest BCUT2D eigenvalue weighted by molar-refractivity contribution is 5.76. The van der Waals surface area contributed by atoms with Crippen molar-refractivity contribution in [3.63, 3.8) is 0 Å². The maximum atomic E-state index is 11.9. The Morgan fingerprint density at radius 2 is 2.20 bits per heavy atom. The number of carbonyl (C=O) groups is 1. The molecule has 1 fully saturated rings. The minimum Gasteiger partial charge on any atom is -0.492 e. The summed E-state index contributed by atoms with van der Waals surface area (Å²) >= 11 is 0. The maximum Gasteiger partial charge on any atom is 0.222 e. The Labute approximate surface area is 149 Å². The minimum atomic E-state index is -0.241. The first-order chi connectivity index (χ1) is 12.2. The molecule has 0 aliphatic carbocycles. The molecule has 7 heteroatoms. The van der Waals surface area contributed by atoms with E-state index in [9.17, 15) is 4.79 Å². The third kappa shape index (κ3) is 7.39. The summed E-state index contributed by atoms with van der Waals surface area (Å²) in [7, 11) is 1.56. The summed E-state index contributed by atoms with van der Waals surface area (Å²) in [6.07, 6.45) is 0.0257. The Hall–Kier alpha value is -1.67. The standard InChI is InChI=1S/C18H29N3O4/c1-23-17(13-19)12-18(22)20-14-15-3-2-4-16(11-15)25-10-7-21-5-8-24-9-6-21/h2-4,11,17H,5-10,12-14,19H2,1H3,(H,20,22). The fourth-order valence-corrected chi connectivity index (χ4v) is 2.61. The van der Waals surface area contributed by atoms with E-state index in [0.29, 0.717) is 19.7 Å². The summed E-state index contributed by atoms with van der Waals surface area (Å²) in [5, 5.41) is 2.88. The van der Waals surface area contributed by atoms with Crippen LogP contribution in [0.1, 0.15) is 12.0 Å². The lowest BCUT2D eigenvalue weighted by molar-refractivity contribution is -0.123. The summed E-state index contributed by atoms with van der Waals surface area (Å²) in [5.74, 6) is 0.743. The average molecular weight is 351 g/mol. The molecule has 2 rings (SSSR count). The van der Waals surface area contributed by atoms with Crippen molar-refractivity contribution in [2.45, 2.75) is 19.1 Å². The number of methoxy groups -OCH3 is 1. The first-order valence-electron chi connectivity index (χ1n) is 8.72. The van der Waals surface area contributed by atoms with Crippen LogP contribution < -0.4 is 15.8 Å². The Bertz CT molecular complexity index is 517. The van der Waals surface area contributed by atoms with E-state index in [-0.39, 0.29) is 18.4 Å². The van der Waals surface area contributed by atoms with E-state index in [4.69, 9.17) is 19.9 Å². The predicted octanol–water partition coefficient (Wildman–Crippen LogP) is 0.378. The SMILES string of the molecule is COC(CN)CC(=O)NCc1cccc(OCCN2CCOCC2)c1. The number of hydrogen-bond acceptors (Lipinski definition) is 6. The summed E-state index contributed by atoms with van der Waals surface area (Å²) in [4.78, 5) is 14.2.